The summed E-state index contributed by atoms with van der Waals surface area (Å²) >= 11 is 0. The average molecular weight is 305 g/mol. The van der Waals surface area contributed by atoms with Crippen molar-refractivity contribution >= 4 is 23.2 Å². The van der Waals surface area contributed by atoms with E-state index in [1.165, 1.54) is 12.6 Å². The van der Waals surface area contributed by atoms with E-state index in [1.807, 2.05) is 20.8 Å². The van der Waals surface area contributed by atoms with E-state index in [9.17, 15) is 4.79 Å². The SMILES string of the molecule is CC(C)(C)NNc1ncnc(NNC(=O)c2ccco2)c1N. The summed E-state index contributed by atoms with van der Waals surface area (Å²) in [6.07, 6.45) is 2.73. The number of hydrazine groups is 2. The Kier molecular flexibility index (Phi) is 4.47. The van der Waals surface area contributed by atoms with Gasteiger partial charge < -0.3 is 15.6 Å². The van der Waals surface area contributed by atoms with E-state index in [2.05, 4.69) is 31.7 Å². The van der Waals surface area contributed by atoms with Gasteiger partial charge in [0, 0.05) is 5.54 Å². The number of rotatable bonds is 5. The molecule has 0 unspecified atom stereocenters. The Labute approximate surface area is 127 Å². The molecule has 0 saturated carbocycles. The van der Waals surface area contributed by atoms with Crippen molar-refractivity contribution in [3.05, 3.63) is 30.5 Å². The highest BCUT2D eigenvalue weighted by atomic mass is 16.3. The monoisotopic (exact) mass is 305 g/mol. The number of nitrogens with zero attached hydrogens (tertiary/aromatic N) is 2. The standard InChI is InChI=1S/C13H19N7O2/c1-13(2,3)20-18-11-9(14)10(15-7-16-11)17-19-12(21)8-5-4-6-22-8/h4-7,20H,14H2,1-3H3,(H,19,21)(H2,15,16,17,18). The van der Waals surface area contributed by atoms with Crippen LogP contribution in [0.25, 0.3) is 0 Å². The molecule has 0 atom stereocenters. The summed E-state index contributed by atoms with van der Waals surface area (Å²) in [4.78, 5) is 19.8. The molecule has 0 bridgehead atoms. The van der Waals surface area contributed by atoms with Gasteiger partial charge in [0.15, 0.2) is 17.4 Å². The van der Waals surface area contributed by atoms with Crippen LogP contribution in [0.2, 0.25) is 0 Å². The van der Waals surface area contributed by atoms with Gasteiger partial charge in [0.25, 0.3) is 0 Å². The first-order chi connectivity index (χ1) is 10.4. The van der Waals surface area contributed by atoms with Crippen molar-refractivity contribution in [2.75, 3.05) is 16.6 Å². The zero-order chi connectivity index (χ0) is 16.2. The zero-order valence-electron chi connectivity index (χ0n) is 12.6. The van der Waals surface area contributed by atoms with Crippen molar-refractivity contribution in [1.29, 1.82) is 0 Å². The van der Waals surface area contributed by atoms with E-state index in [4.69, 9.17) is 10.2 Å². The first-order valence-electron chi connectivity index (χ1n) is 6.60. The normalized spacial score (nSPS) is 11.0. The van der Waals surface area contributed by atoms with Gasteiger partial charge in [0.1, 0.15) is 12.0 Å². The van der Waals surface area contributed by atoms with Gasteiger partial charge in [0.2, 0.25) is 0 Å². The molecule has 0 aliphatic rings. The van der Waals surface area contributed by atoms with Crippen molar-refractivity contribution in [1.82, 2.24) is 20.8 Å². The molecule has 0 radical (unpaired) electrons. The topological polar surface area (TPSA) is 130 Å². The fourth-order valence-electron chi connectivity index (χ4n) is 1.43. The first kappa shape index (κ1) is 15.6. The molecule has 0 spiro atoms. The van der Waals surface area contributed by atoms with Gasteiger partial charge in [-0.2, -0.15) is 0 Å². The molecule has 2 rings (SSSR count). The van der Waals surface area contributed by atoms with Gasteiger partial charge in [-0.15, -0.1) is 0 Å². The van der Waals surface area contributed by atoms with Gasteiger partial charge in [0.05, 0.1) is 6.26 Å². The van der Waals surface area contributed by atoms with Gasteiger partial charge in [-0.05, 0) is 32.9 Å². The Morgan fingerprint density at radius 3 is 2.50 bits per heavy atom. The van der Waals surface area contributed by atoms with E-state index in [0.717, 1.165) is 0 Å². The van der Waals surface area contributed by atoms with E-state index in [-0.39, 0.29) is 22.8 Å². The lowest BCUT2D eigenvalue weighted by molar-refractivity contribution is 0.0935. The van der Waals surface area contributed by atoms with Crippen LogP contribution in [0.4, 0.5) is 17.3 Å². The first-order valence-corrected chi connectivity index (χ1v) is 6.60. The maximum Gasteiger partial charge on any atom is 0.305 e. The van der Waals surface area contributed by atoms with E-state index < -0.39 is 5.91 Å². The molecular weight excluding hydrogens is 286 g/mol. The van der Waals surface area contributed by atoms with Crippen LogP contribution in [0.1, 0.15) is 31.3 Å². The maximum atomic E-state index is 11.8. The third kappa shape index (κ3) is 4.09. The molecule has 1 amide bonds. The minimum atomic E-state index is -0.440. The van der Waals surface area contributed by atoms with Gasteiger partial charge in [-0.25, -0.2) is 15.4 Å². The van der Waals surface area contributed by atoms with Crippen LogP contribution >= 0.6 is 0 Å². The Morgan fingerprint density at radius 2 is 1.91 bits per heavy atom. The molecule has 118 valence electrons. The fourth-order valence-corrected chi connectivity index (χ4v) is 1.43. The highest BCUT2D eigenvalue weighted by molar-refractivity contribution is 5.92. The molecule has 0 aliphatic carbocycles. The molecule has 0 aliphatic heterocycles. The lowest BCUT2D eigenvalue weighted by Gasteiger charge is -2.22. The lowest BCUT2D eigenvalue weighted by Crippen LogP contribution is -2.40. The third-order valence-corrected chi connectivity index (χ3v) is 2.48. The Bertz CT molecular complexity index is 634. The minimum absolute atomic E-state index is 0.168. The number of hydrogen-bond donors (Lipinski definition) is 5. The van der Waals surface area contributed by atoms with Gasteiger partial charge in [-0.1, -0.05) is 0 Å². The zero-order valence-corrected chi connectivity index (χ0v) is 12.6. The Hall–Kier alpha value is -2.81. The number of nitrogen functional groups attached to an aromatic ring is 1. The molecule has 2 aromatic rings. The van der Waals surface area contributed by atoms with E-state index >= 15 is 0 Å². The summed E-state index contributed by atoms with van der Waals surface area (Å²) in [5.41, 5.74) is 17.1. The van der Waals surface area contributed by atoms with Crippen LogP contribution in [0.5, 0.6) is 0 Å². The minimum Gasteiger partial charge on any atom is -0.459 e. The summed E-state index contributed by atoms with van der Waals surface area (Å²) in [5.74, 6) is 0.408. The second-order valence-corrected chi connectivity index (χ2v) is 5.54. The number of nitrogens with one attached hydrogen (secondary N) is 4. The van der Waals surface area contributed by atoms with Crippen molar-refractivity contribution in [3.8, 4) is 0 Å². The molecule has 0 aromatic carbocycles. The summed E-state index contributed by atoms with van der Waals surface area (Å²) < 4.78 is 4.98. The summed E-state index contributed by atoms with van der Waals surface area (Å²) in [6, 6.07) is 3.16. The number of amides is 1. The number of anilines is 3. The third-order valence-electron chi connectivity index (χ3n) is 2.48. The van der Waals surface area contributed by atoms with Gasteiger partial charge >= 0.3 is 5.91 Å². The van der Waals surface area contributed by atoms with Crippen LogP contribution in [-0.2, 0) is 0 Å². The fraction of sp³-hybridized carbons (Fsp3) is 0.308. The number of hydrogen-bond acceptors (Lipinski definition) is 8. The molecule has 9 heteroatoms. The molecule has 0 fully saturated rings. The van der Waals surface area contributed by atoms with Crippen molar-refractivity contribution in [3.63, 3.8) is 0 Å². The Morgan fingerprint density at radius 1 is 1.23 bits per heavy atom. The van der Waals surface area contributed by atoms with Crippen LogP contribution in [-0.4, -0.2) is 21.4 Å². The predicted molar refractivity (Wildman–Crippen MR) is 82.8 cm³/mol. The molecule has 2 aromatic heterocycles. The Balaban J connectivity index is 2.01. The van der Waals surface area contributed by atoms with Crippen LogP contribution < -0.4 is 27.4 Å². The van der Waals surface area contributed by atoms with Crippen LogP contribution in [0.3, 0.4) is 0 Å². The van der Waals surface area contributed by atoms with E-state index in [0.29, 0.717) is 5.82 Å². The second kappa shape index (κ2) is 6.31. The molecule has 0 saturated heterocycles. The highest BCUT2D eigenvalue weighted by Gasteiger charge is 2.13. The molecule has 2 heterocycles. The molecule has 6 N–H and O–H groups in total. The lowest BCUT2D eigenvalue weighted by atomic mass is 10.1. The predicted octanol–water partition coefficient (Wildman–Crippen LogP) is 1.12. The maximum absolute atomic E-state index is 11.8. The number of nitrogens with two attached hydrogens (primary N) is 1. The van der Waals surface area contributed by atoms with Crippen molar-refractivity contribution in [2.24, 2.45) is 0 Å². The molecule has 9 nitrogen and oxygen atoms in total. The number of furan rings is 1. The largest absolute Gasteiger partial charge is 0.459 e. The molecule has 22 heavy (non-hydrogen) atoms. The number of carbonyl (C=O) groups is 1. The summed E-state index contributed by atoms with van der Waals surface area (Å²) in [5, 5.41) is 0. The smallest absolute Gasteiger partial charge is 0.305 e. The summed E-state index contributed by atoms with van der Waals surface area (Å²) in [7, 11) is 0. The highest BCUT2D eigenvalue weighted by Crippen LogP contribution is 2.21. The van der Waals surface area contributed by atoms with Gasteiger partial charge in [-0.3, -0.25) is 15.6 Å². The average Bonchev–Trinajstić information content (AvgIpc) is 2.98. The van der Waals surface area contributed by atoms with Crippen molar-refractivity contribution < 1.29 is 9.21 Å². The number of aromatic nitrogens is 2. The second-order valence-electron chi connectivity index (χ2n) is 5.54. The van der Waals surface area contributed by atoms with Crippen LogP contribution in [0, 0.1) is 0 Å². The van der Waals surface area contributed by atoms with Crippen LogP contribution in [0.15, 0.2) is 29.1 Å². The van der Waals surface area contributed by atoms with E-state index in [1.54, 1.807) is 12.1 Å². The van der Waals surface area contributed by atoms with Crippen molar-refractivity contribution in [2.45, 2.75) is 26.3 Å². The number of carbonyl (C=O) groups excluding carboxylic acids is 1. The molecular formula is C13H19N7O2. The quantitative estimate of drug-likeness (QED) is 0.520. The summed E-state index contributed by atoms with van der Waals surface area (Å²) in [6.45, 7) is 5.96.